The zero-order valence-corrected chi connectivity index (χ0v) is 15.1. The molecule has 0 atom stereocenters. The number of rotatable bonds is 6. The van der Waals surface area contributed by atoms with Crippen LogP contribution in [0.15, 0.2) is 60.7 Å². The van der Waals surface area contributed by atoms with Crippen LogP contribution >= 0.6 is 11.6 Å². The van der Waals surface area contributed by atoms with Crippen LogP contribution in [0.4, 0.5) is 11.5 Å². The van der Waals surface area contributed by atoms with Crippen LogP contribution in [-0.2, 0) is 6.42 Å². The van der Waals surface area contributed by atoms with Crippen molar-refractivity contribution in [3.63, 3.8) is 0 Å². The third-order valence-corrected chi connectivity index (χ3v) is 4.38. The molecule has 0 saturated heterocycles. The van der Waals surface area contributed by atoms with E-state index in [1.165, 1.54) is 5.56 Å². The average Bonchev–Trinajstić information content (AvgIpc) is 2.67. The van der Waals surface area contributed by atoms with Gasteiger partial charge in [-0.2, -0.15) is 0 Å². The van der Waals surface area contributed by atoms with Crippen LogP contribution in [0.1, 0.15) is 21.6 Å². The van der Waals surface area contributed by atoms with E-state index in [0.717, 1.165) is 17.7 Å². The first-order valence-corrected chi connectivity index (χ1v) is 8.69. The van der Waals surface area contributed by atoms with Crippen molar-refractivity contribution in [2.75, 3.05) is 11.9 Å². The summed E-state index contributed by atoms with van der Waals surface area (Å²) in [5.74, 6) is 0.315. The molecular weight excluding hydrogens is 348 g/mol. The van der Waals surface area contributed by atoms with E-state index in [1.807, 2.05) is 55.5 Å². The van der Waals surface area contributed by atoms with Crippen molar-refractivity contribution in [1.82, 2.24) is 15.5 Å². The summed E-state index contributed by atoms with van der Waals surface area (Å²) < 4.78 is 0. The quantitative estimate of drug-likeness (QED) is 0.687. The van der Waals surface area contributed by atoms with Crippen LogP contribution in [0.5, 0.6) is 0 Å². The Kier molecular flexibility index (Phi) is 5.81. The molecule has 3 aromatic rings. The van der Waals surface area contributed by atoms with Crippen LogP contribution in [-0.4, -0.2) is 22.6 Å². The van der Waals surface area contributed by atoms with Gasteiger partial charge in [-0.05, 0) is 48.7 Å². The van der Waals surface area contributed by atoms with Gasteiger partial charge in [-0.1, -0.05) is 48.0 Å². The highest BCUT2D eigenvalue weighted by molar-refractivity contribution is 6.31. The van der Waals surface area contributed by atoms with Gasteiger partial charge in [0.25, 0.3) is 5.91 Å². The highest BCUT2D eigenvalue weighted by Crippen LogP contribution is 2.25. The molecule has 0 unspecified atom stereocenters. The third kappa shape index (κ3) is 4.58. The Labute approximate surface area is 157 Å². The first kappa shape index (κ1) is 17.9. The minimum Gasteiger partial charge on any atom is -0.350 e. The van der Waals surface area contributed by atoms with Gasteiger partial charge in [-0.15, -0.1) is 10.2 Å². The molecule has 3 rings (SSSR count). The Balaban J connectivity index is 1.56. The van der Waals surface area contributed by atoms with Crippen LogP contribution in [0.3, 0.4) is 0 Å². The molecule has 0 bridgehead atoms. The molecule has 1 aromatic heterocycles. The lowest BCUT2D eigenvalue weighted by Gasteiger charge is -2.10. The second-order valence-corrected chi connectivity index (χ2v) is 6.24. The van der Waals surface area contributed by atoms with Crippen LogP contribution < -0.4 is 10.6 Å². The van der Waals surface area contributed by atoms with E-state index in [-0.39, 0.29) is 11.6 Å². The Hall–Kier alpha value is -2.92. The maximum atomic E-state index is 12.2. The van der Waals surface area contributed by atoms with Gasteiger partial charge in [0, 0.05) is 17.3 Å². The topological polar surface area (TPSA) is 66.9 Å². The second-order valence-electron chi connectivity index (χ2n) is 5.83. The molecular formula is C20H19ClN4O. The lowest BCUT2D eigenvalue weighted by Crippen LogP contribution is -2.26. The van der Waals surface area contributed by atoms with Crippen molar-refractivity contribution in [1.29, 1.82) is 0 Å². The van der Waals surface area contributed by atoms with Crippen LogP contribution in [0, 0.1) is 6.92 Å². The molecule has 0 aliphatic carbocycles. The number of aromatic nitrogens is 2. The fourth-order valence-corrected chi connectivity index (χ4v) is 2.63. The number of nitrogens with zero attached hydrogens (tertiary/aromatic N) is 2. The van der Waals surface area contributed by atoms with E-state index < -0.39 is 0 Å². The van der Waals surface area contributed by atoms with E-state index in [1.54, 1.807) is 12.1 Å². The summed E-state index contributed by atoms with van der Waals surface area (Å²) in [5, 5.41) is 14.7. The number of halogens is 1. The molecule has 0 radical (unpaired) electrons. The van der Waals surface area contributed by atoms with Gasteiger partial charge in [0.2, 0.25) is 0 Å². The fraction of sp³-hybridized carbons (Fsp3) is 0.150. The molecule has 0 spiro atoms. The smallest absolute Gasteiger partial charge is 0.271 e. The molecule has 132 valence electrons. The summed E-state index contributed by atoms with van der Waals surface area (Å²) in [6, 6.07) is 19.0. The minimum absolute atomic E-state index is 0.237. The van der Waals surface area contributed by atoms with Crippen LogP contribution in [0.2, 0.25) is 5.02 Å². The maximum absolute atomic E-state index is 12.2. The average molecular weight is 367 g/mol. The Morgan fingerprint density at radius 1 is 1.00 bits per heavy atom. The first-order chi connectivity index (χ1) is 12.6. The molecule has 0 fully saturated rings. The zero-order chi connectivity index (χ0) is 18.4. The van der Waals surface area contributed by atoms with Gasteiger partial charge >= 0.3 is 0 Å². The van der Waals surface area contributed by atoms with Crippen molar-refractivity contribution in [2.45, 2.75) is 13.3 Å². The van der Waals surface area contributed by atoms with Gasteiger partial charge in [0.05, 0.1) is 0 Å². The van der Waals surface area contributed by atoms with Crippen molar-refractivity contribution in [2.24, 2.45) is 0 Å². The summed E-state index contributed by atoms with van der Waals surface area (Å²) in [7, 11) is 0. The highest BCUT2D eigenvalue weighted by atomic mass is 35.5. The fourth-order valence-electron chi connectivity index (χ4n) is 2.46. The lowest BCUT2D eigenvalue weighted by molar-refractivity contribution is 0.0948. The van der Waals surface area contributed by atoms with E-state index in [2.05, 4.69) is 20.8 Å². The molecule has 1 heterocycles. The number of hydrogen-bond acceptors (Lipinski definition) is 4. The molecule has 2 aromatic carbocycles. The largest absolute Gasteiger partial charge is 0.350 e. The van der Waals surface area contributed by atoms with Crippen molar-refractivity contribution in [3.8, 4) is 0 Å². The number of carbonyl (C=O) groups is 1. The van der Waals surface area contributed by atoms with Crippen molar-refractivity contribution >= 4 is 29.0 Å². The number of anilines is 2. The first-order valence-electron chi connectivity index (χ1n) is 8.31. The summed E-state index contributed by atoms with van der Waals surface area (Å²) in [5.41, 5.74) is 3.24. The Morgan fingerprint density at radius 3 is 2.54 bits per heavy atom. The summed E-state index contributed by atoms with van der Waals surface area (Å²) in [6.07, 6.45) is 0.772. The highest BCUT2D eigenvalue weighted by Gasteiger charge is 2.09. The molecule has 0 aliphatic heterocycles. The Bertz CT molecular complexity index is 882. The monoisotopic (exact) mass is 366 g/mol. The summed E-state index contributed by atoms with van der Waals surface area (Å²) >= 11 is 6.11. The van der Waals surface area contributed by atoms with Crippen molar-refractivity contribution in [3.05, 3.63) is 82.5 Å². The van der Waals surface area contributed by atoms with E-state index in [0.29, 0.717) is 17.4 Å². The zero-order valence-electron chi connectivity index (χ0n) is 14.4. The minimum atomic E-state index is -0.237. The standard InChI is InChI=1S/C20H19ClN4O/c1-14-16(21)8-5-9-17(14)23-19-11-10-18(24-25-19)20(26)22-13-12-15-6-3-2-4-7-15/h2-11H,12-13H2,1H3,(H,22,26)(H,23,25). The predicted molar refractivity (Wildman–Crippen MR) is 104 cm³/mol. The van der Waals surface area contributed by atoms with Gasteiger partial charge in [-0.3, -0.25) is 4.79 Å². The van der Waals surface area contributed by atoms with Gasteiger partial charge in [0.15, 0.2) is 11.5 Å². The van der Waals surface area contributed by atoms with E-state index in [9.17, 15) is 4.79 Å². The van der Waals surface area contributed by atoms with Gasteiger partial charge < -0.3 is 10.6 Å². The molecule has 1 amide bonds. The lowest BCUT2D eigenvalue weighted by atomic mass is 10.1. The number of hydrogen-bond donors (Lipinski definition) is 2. The predicted octanol–water partition coefficient (Wildman–Crippen LogP) is 4.15. The van der Waals surface area contributed by atoms with E-state index >= 15 is 0 Å². The number of benzene rings is 2. The van der Waals surface area contributed by atoms with Crippen LogP contribution in [0.25, 0.3) is 0 Å². The number of nitrogens with one attached hydrogen (secondary N) is 2. The molecule has 5 nitrogen and oxygen atoms in total. The molecule has 0 saturated carbocycles. The number of amides is 1. The molecule has 6 heteroatoms. The summed E-state index contributed by atoms with van der Waals surface area (Å²) in [6.45, 7) is 2.47. The maximum Gasteiger partial charge on any atom is 0.271 e. The normalized spacial score (nSPS) is 10.4. The molecule has 0 aliphatic rings. The second kappa shape index (κ2) is 8.45. The van der Waals surface area contributed by atoms with E-state index in [4.69, 9.17) is 11.6 Å². The van der Waals surface area contributed by atoms with Crippen molar-refractivity contribution < 1.29 is 4.79 Å². The third-order valence-electron chi connectivity index (χ3n) is 3.97. The van der Waals surface area contributed by atoms with Gasteiger partial charge in [0.1, 0.15) is 0 Å². The molecule has 2 N–H and O–H groups in total. The van der Waals surface area contributed by atoms with Gasteiger partial charge in [-0.25, -0.2) is 0 Å². The summed E-state index contributed by atoms with van der Waals surface area (Å²) in [4.78, 5) is 12.2. The Morgan fingerprint density at radius 2 is 1.81 bits per heavy atom. The number of carbonyl (C=O) groups excluding carboxylic acids is 1. The molecule has 26 heavy (non-hydrogen) atoms. The SMILES string of the molecule is Cc1c(Cl)cccc1Nc1ccc(C(=O)NCCc2ccccc2)nn1.